The Kier molecular flexibility index (Phi) is 3.21. The Balaban J connectivity index is 2.60. The molecule has 3 N–H and O–H groups in total. The van der Waals surface area contributed by atoms with Crippen LogP contribution in [0.2, 0.25) is 0 Å². The molecule has 0 fully saturated rings. The van der Waals surface area contributed by atoms with Gasteiger partial charge in [0.15, 0.2) is 0 Å². The highest BCUT2D eigenvalue weighted by atomic mass is 16.4. The maximum Gasteiger partial charge on any atom is 0.318 e. The first-order valence-corrected chi connectivity index (χ1v) is 4.05. The topological polar surface area (TPSA) is 88.4 Å². The fourth-order valence-corrected chi connectivity index (χ4v) is 0.956. The molecule has 0 aliphatic rings. The van der Waals surface area contributed by atoms with E-state index < -0.39 is 6.10 Å². The number of aliphatic hydroxyl groups excluding tert-OH is 1. The average Bonchev–Trinajstić information content (AvgIpc) is 2.50. The molecule has 0 aromatic carbocycles. The van der Waals surface area contributed by atoms with E-state index in [0.717, 1.165) is 0 Å². The van der Waals surface area contributed by atoms with E-state index in [0.29, 0.717) is 18.5 Å². The van der Waals surface area contributed by atoms with Crippen LogP contribution in [0.15, 0.2) is 4.42 Å². The van der Waals surface area contributed by atoms with Gasteiger partial charge in [-0.2, -0.15) is 0 Å². The standard InChI is InChI=1S/C7H14N4O2/c1-5(12)4-11(2)7-10-9-6(3-8)13-7/h5,12H,3-4,8H2,1-2H3. The van der Waals surface area contributed by atoms with Crippen molar-refractivity contribution in [1.82, 2.24) is 10.2 Å². The third kappa shape index (κ3) is 2.67. The lowest BCUT2D eigenvalue weighted by molar-refractivity contribution is 0.200. The number of anilines is 1. The summed E-state index contributed by atoms with van der Waals surface area (Å²) in [6.07, 6.45) is -0.432. The summed E-state index contributed by atoms with van der Waals surface area (Å²) in [5.74, 6) is 0.396. The van der Waals surface area contributed by atoms with Gasteiger partial charge in [-0.1, -0.05) is 5.10 Å². The van der Waals surface area contributed by atoms with Crippen LogP contribution in [0.1, 0.15) is 12.8 Å². The zero-order valence-corrected chi connectivity index (χ0v) is 7.77. The van der Waals surface area contributed by atoms with Crippen molar-refractivity contribution in [1.29, 1.82) is 0 Å². The first-order chi connectivity index (χ1) is 6.13. The number of rotatable bonds is 4. The van der Waals surface area contributed by atoms with Gasteiger partial charge in [-0.15, -0.1) is 5.10 Å². The van der Waals surface area contributed by atoms with Gasteiger partial charge in [0, 0.05) is 13.6 Å². The molecule has 0 bridgehead atoms. The molecule has 1 unspecified atom stereocenters. The summed E-state index contributed by atoms with van der Waals surface area (Å²) in [4.78, 5) is 1.68. The number of hydrogen-bond acceptors (Lipinski definition) is 6. The van der Waals surface area contributed by atoms with Crippen molar-refractivity contribution in [3.63, 3.8) is 0 Å². The first kappa shape index (κ1) is 9.94. The monoisotopic (exact) mass is 186 g/mol. The van der Waals surface area contributed by atoms with E-state index in [4.69, 9.17) is 15.3 Å². The maximum absolute atomic E-state index is 9.09. The molecule has 0 aliphatic heterocycles. The van der Waals surface area contributed by atoms with Crippen molar-refractivity contribution in [3.8, 4) is 0 Å². The highest BCUT2D eigenvalue weighted by molar-refractivity contribution is 5.21. The second-order valence-electron chi connectivity index (χ2n) is 2.91. The van der Waals surface area contributed by atoms with E-state index in [1.165, 1.54) is 0 Å². The molecule has 0 amide bonds. The summed E-state index contributed by atoms with van der Waals surface area (Å²) < 4.78 is 5.16. The lowest BCUT2D eigenvalue weighted by Gasteiger charge is -2.14. The van der Waals surface area contributed by atoms with Crippen molar-refractivity contribution in [2.45, 2.75) is 19.6 Å². The Morgan fingerprint density at radius 2 is 2.31 bits per heavy atom. The molecule has 1 heterocycles. The molecule has 6 heteroatoms. The minimum Gasteiger partial charge on any atom is -0.407 e. The first-order valence-electron chi connectivity index (χ1n) is 4.05. The molecule has 13 heavy (non-hydrogen) atoms. The van der Waals surface area contributed by atoms with Crippen LogP contribution in [0, 0.1) is 0 Å². The van der Waals surface area contributed by atoms with Gasteiger partial charge in [0.05, 0.1) is 12.6 Å². The highest BCUT2D eigenvalue weighted by Crippen LogP contribution is 2.09. The highest BCUT2D eigenvalue weighted by Gasteiger charge is 2.10. The minimum atomic E-state index is -0.432. The fraction of sp³-hybridized carbons (Fsp3) is 0.714. The Morgan fingerprint density at radius 1 is 1.62 bits per heavy atom. The molecule has 0 spiro atoms. The quantitative estimate of drug-likeness (QED) is 0.649. The van der Waals surface area contributed by atoms with Crippen LogP contribution in [-0.4, -0.2) is 35.0 Å². The Hall–Kier alpha value is -1.14. The van der Waals surface area contributed by atoms with E-state index in [-0.39, 0.29) is 6.54 Å². The third-order valence-electron chi connectivity index (χ3n) is 1.50. The zero-order chi connectivity index (χ0) is 9.84. The number of aliphatic hydroxyl groups is 1. The number of nitrogens with zero attached hydrogens (tertiary/aromatic N) is 3. The Labute approximate surface area is 76.4 Å². The number of hydrogen-bond donors (Lipinski definition) is 2. The minimum absolute atomic E-state index is 0.232. The van der Waals surface area contributed by atoms with Gasteiger partial charge in [0.2, 0.25) is 5.89 Å². The zero-order valence-electron chi connectivity index (χ0n) is 7.77. The lowest BCUT2D eigenvalue weighted by Crippen LogP contribution is -2.27. The van der Waals surface area contributed by atoms with Gasteiger partial charge in [0.25, 0.3) is 0 Å². The van der Waals surface area contributed by atoms with Crippen LogP contribution in [0.3, 0.4) is 0 Å². The van der Waals surface area contributed by atoms with Crippen LogP contribution >= 0.6 is 0 Å². The SMILES string of the molecule is CC(O)CN(C)c1nnc(CN)o1. The van der Waals surface area contributed by atoms with Crippen molar-refractivity contribution in [3.05, 3.63) is 5.89 Å². The summed E-state index contributed by atoms with van der Waals surface area (Å²) >= 11 is 0. The summed E-state index contributed by atoms with van der Waals surface area (Å²) in [5, 5.41) is 16.5. The van der Waals surface area contributed by atoms with Gasteiger partial charge in [-0.05, 0) is 6.92 Å². The van der Waals surface area contributed by atoms with Crippen LogP contribution in [0.4, 0.5) is 6.01 Å². The molecule has 1 atom stereocenters. The molecule has 0 saturated heterocycles. The van der Waals surface area contributed by atoms with Crippen LogP contribution in [0.25, 0.3) is 0 Å². The second-order valence-corrected chi connectivity index (χ2v) is 2.91. The normalized spacial score (nSPS) is 12.9. The number of nitrogens with two attached hydrogens (primary N) is 1. The van der Waals surface area contributed by atoms with Crippen molar-refractivity contribution in [2.24, 2.45) is 5.73 Å². The number of likely N-dealkylation sites (N-methyl/N-ethyl adjacent to an activating group) is 1. The van der Waals surface area contributed by atoms with Crippen LogP contribution < -0.4 is 10.6 Å². The summed E-state index contributed by atoms with van der Waals surface area (Å²) in [6.45, 7) is 2.37. The van der Waals surface area contributed by atoms with Crippen LogP contribution in [0.5, 0.6) is 0 Å². The molecule has 1 rings (SSSR count). The van der Waals surface area contributed by atoms with E-state index in [1.807, 2.05) is 0 Å². The third-order valence-corrected chi connectivity index (χ3v) is 1.50. The molecular weight excluding hydrogens is 172 g/mol. The van der Waals surface area contributed by atoms with Gasteiger partial charge in [0.1, 0.15) is 0 Å². The van der Waals surface area contributed by atoms with E-state index >= 15 is 0 Å². The van der Waals surface area contributed by atoms with Gasteiger partial charge in [-0.25, -0.2) is 0 Å². The predicted molar refractivity (Wildman–Crippen MR) is 47.1 cm³/mol. The van der Waals surface area contributed by atoms with Gasteiger partial charge in [-0.3, -0.25) is 0 Å². The largest absolute Gasteiger partial charge is 0.407 e. The molecule has 74 valence electrons. The van der Waals surface area contributed by atoms with E-state index in [1.54, 1.807) is 18.9 Å². The van der Waals surface area contributed by atoms with Crippen molar-refractivity contribution < 1.29 is 9.52 Å². The van der Waals surface area contributed by atoms with Gasteiger partial charge >= 0.3 is 6.01 Å². The lowest BCUT2D eigenvalue weighted by atomic mass is 10.4. The van der Waals surface area contributed by atoms with Crippen molar-refractivity contribution >= 4 is 6.01 Å². The maximum atomic E-state index is 9.09. The smallest absolute Gasteiger partial charge is 0.318 e. The Bertz CT molecular complexity index is 261. The molecule has 0 saturated carbocycles. The van der Waals surface area contributed by atoms with E-state index in [9.17, 15) is 0 Å². The predicted octanol–water partition coefficient (Wildman–Crippen LogP) is -0.655. The van der Waals surface area contributed by atoms with Crippen molar-refractivity contribution in [2.75, 3.05) is 18.5 Å². The fourth-order valence-electron chi connectivity index (χ4n) is 0.956. The summed E-state index contributed by atoms with van der Waals surface area (Å²) in [7, 11) is 1.76. The molecule has 0 radical (unpaired) electrons. The number of aromatic nitrogens is 2. The Morgan fingerprint density at radius 3 is 2.77 bits per heavy atom. The summed E-state index contributed by atoms with van der Waals surface area (Å²) in [5.41, 5.74) is 5.30. The molecule has 0 aliphatic carbocycles. The average molecular weight is 186 g/mol. The summed E-state index contributed by atoms with van der Waals surface area (Å²) in [6, 6.07) is 0.376. The molecule has 1 aromatic rings. The second kappa shape index (κ2) is 4.20. The van der Waals surface area contributed by atoms with Crippen LogP contribution in [-0.2, 0) is 6.54 Å². The van der Waals surface area contributed by atoms with E-state index in [2.05, 4.69) is 10.2 Å². The molecule has 6 nitrogen and oxygen atoms in total. The molecular formula is C7H14N4O2. The molecule has 1 aromatic heterocycles. The van der Waals surface area contributed by atoms with Gasteiger partial charge < -0.3 is 20.2 Å².